The lowest BCUT2D eigenvalue weighted by Gasteiger charge is -2.11. The van der Waals surface area contributed by atoms with Gasteiger partial charge in [-0.15, -0.1) is 0 Å². The summed E-state index contributed by atoms with van der Waals surface area (Å²) >= 11 is 0. The van der Waals surface area contributed by atoms with E-state index in [1.54, 1.807) is 18.2 Å². The third kappa shape index (κ3) is 2.50. The molecule has 1 saturated heterocycles. The highest BCUT2D eigenvalue weighted by molar-refractivity contribution is 7.90. The second-order valence-corrected chi connectivity index (χ2v) is 7.10. The first-order valence-corrected chi connectivity index (χ1v) is 7.84. The van der Waals surface area contributed by atoms with Gasteiger partial charge in [-0.2, -0.15) is 0 Å². The maximum absolute atomic E-state index is 12.0. The highest BCUT2D eigenvalue weighted by atomic mass is 32.2. The lowest BCUT2D eigenvalue weighted by molar-refractivity contribution is -0.121. The third-order valence-corrected chi connectivity index (χ3v) is 5.29. The van der Waals surface area contributed by atoms with Crippen LogP contribution in [0.15, 0.2) is 35.2 Å². The maximum atomic E-state index is 12.0. The number of rotatable bonds is 3. The molecule has 1 spiro atoms. The minimum absolute atomic E-state index is 0.113. The minimum atomic E-state index is -3.75. The van der Waals surface area contributed by atoms with Crippen LogP contribution in [-0.4, -0.2) is 26.9 Å². The second-order valence-electron chi connectivity index (χ2n) is 5.42. The van der Waals surface area contributed by atoms with Crippen LogP contribution in [-0.2, 0) is 14.8 Å². The van der Waals surface area contributed by atoms with Crippen molar-refractivity contribution in [2.75, 3.05) is 6.54 Å². The van der Waals surface area contributed by atoms with E-state index in [0.717, 1.165) is 25.8 Å². The molecule has 0 radical (unpaired) electrons. The van der Waals surface area contributed by atoms with Crippen LogP contribution in [0.2, 0.25) is 0 Å². The molecule has 1 amide bonds. The molecule has 102 valence electrons. The molecule has 2 N–H and O–H groups in total. The molecule has 0 aromatic heterocycles. The predicted octanol–water partition coefficient (Wildman–Crippen LogP) is 0.634. The van der Waals surface area contributed by atoms with Crippen molar-refractivity contribution in [2.24, 2.45) is 5.41 Å². The van der Waals surface area contributed by atoms with Crippen LogP contribution < -0.4 is 10.0 Å². The molecule has 1 heterocycles. The fourth-order valence-corrected chi connectivity index (χ4v) is 3.56. The zero-order valence-corrected chi connectivity index (χ0v) is 11.2. The Morgan fingerprint density at radius 1 is 1.26 bits per heavy atom. The largest absolute Gasteiger partial charge is 0.305 e. The Labute approximate surface area is 112 Å². The summed E-state index contributed by atoms with van der Waals surface area (Å²) in [4.78, 5) is 12.1. The summed E-state index contributed by atoms with van der Waals surface area (Å²) < 4.78 is 26.2. The summed E-state index contributed by atoms with van der Waals surface area (Å²) in [5.74, 6) is -0.451. The van der Waals surface area contributed by atoms with Gasteiger partial charge < -0.3 is 5.32 Å². The van der Waals surface area contributed by atoms with Gasteiger partial charge in [-0.25, -0.2) is 13.1 Å². The first kappa shape index (κ1) is 12.6. The Kier molecular flexibility index (Phi) is 2.87. The lowest BCUT2D eigenvalue weighted by atomic mass is 10.0. The number of carbonyl (C=O) groups excluding carboxylic acids is 1. The van der Waals surface area contributed by atoms with Crippen molar-refractivity contribution in [2.45, 2.75) is 30.2 Å². The molecule has 3 rings (SSSR count). The predicted molar refractivity (Wildman–Crippen MR) is 69.8 cm³/mol. The van der Waals surface area contributed by atoms with E-state index in [1.165, 1.54) is 12.1 Å². The van der Waals surface area contributed by atoms with E-state index in [1.807, 2.05) is 0 Å². The zero-order valence-electron chi connectivity index (χ0n) is 10.4. The topological polar surface area (TPSA) is 75.3 Å². The van der Waals surface area contributed by atoms with Crippen LogP contribution >= 0.6 is 0 Å². The van der Waals surface area contributed by atoms with Gasteiger partial charge in [0, 0.05) is 6.54 Å². The smallest absolute Gasteiger partial charge is 0.264 e. The first-order chi connectivity index (χ1) is 9.01. The molecule has 6 heteroatoms. The molecule has 1 atom stereocenters. The molecule has 2 aliphatic rings. The lowest BCUT2D eigenvalue weighted by Crippen LogP contribution is -2.43. The first-order valence-electron chi connectivity index (χ1n) is 6.36. The SMILES string of the molecule is O=C(NS(=O)(=O)c1ccccc1)C1CC2(CC2)CN1. The van der Waals surface area contributed by atoms with E-state index in [9.17, 15) is 13.2 Å². The Bertz CT molecular complexity index is 594. The fraction of sp³-hybridized carbons (Fsp3) is 0.462. The van der Waals surface area contributed by atoms with Crippen LogP contribution in [0.4, 0.5) is 0 Å². The summed E-state index contributed by atoms with van der Waals surface area (Å²) in [6.45, 7) is 0.816. The highest BCUT2D eigenvalue weighted by Gasteiger charge is 2.50. The van der Waals surface area contributed by atoms with Crippen LogP contribution in [0.3, 0.4) is 0 Å². The summed E-state index contributed by atoms with van der Waals surface area (Å²) in [5.41, 5.74) is 0.262. The van der Waals surface area contributed by atoms with Crippen molar-refractivity contribution in [1.82, 2.24) is 10.0 Å². The number of benzene rings is 1. The van der Waals surface area contributed by atoms with E-state index in [-0.39, 0.29) is 16.4 Å². The molecular weight excluding hydrogens is 264 g/mol. The van der Waals surface area contributed by atoms with E-state index in [2.05, 4.69) is 10.0 Å². The molecular formula is C13H16N2O3S. The molecule has 1 saturated carbocycles. The number of nitrogens with one attached hydrogen (secondary N) is 2. The van der Waals surface area contributed by atoms with E-state index in [0.29, 0.717) is 0 Å². The van der Waals surface area contributed by atoms with Gasteiger partial charge in [0.1, 0.15) is 0 Å². The van der Waals surface area contributed by atoms with Gasteiger partial charge in [0.25, 0.3) is 15.9 Å². The van der Waals surface area contributed by atoms with Crippen LogP contribution in [0.25, 0.3) is 0 Å². The number of hydrogen-bond donors (Lipinski definition) is 2. The molecule has 2 fully saturated rings. The standard InChI is InChI=1S/C13H16N2O3S/c16-12(11-8-13(6-7-13)9-14-11)15-19(17,18)10-4-2-1-3-5-10/h1-5,11,14H,6-9H2,(H,15,16). The number of amides is 1. The van der Waals surface area contributed by atoms with E-state index < -0.39 is 15.9 Å². The average Bonchev–Trinajstić information content (AvgIpc) is 2.99. The highest BCUT2D eigenvalue weighted by Crippen LogP contribution is 2.51. The Morgan fingerprint density at radius 2 is 1.95 bits per heavy atom. The molecule has 0 bridgehead atoms. The molecule has 1 aliphatic heterocycles. The van der Waals surface area contributed by atoms with Gasteiger partial charge in [-0.1, -0.05) is 18.2 Å². The van der Waals surface area contributed by atoms with Crippen LogP contribution in [0, 0.1) is 5.41 Å². The zero-order chi connectivity index (χ0) is 13.5. The van der Waals surface area contributed by atoms with Crippen LogP contribution in [0.5, 0.6) is 0 Å². The van der Waals surface area contributed by atoms with E-state index >= 15 is 0 Å². The molecule has 19 heavy (non-hydrogen) atoms. The van der Waals surface area contributed by atoms with Gasteiger partial charge in [0.05, 0.1) is 10.9 Å². The average molecular weight is 280 g/mol. The molecule has 5 nitrogen and oxygen atoms in total. The van der Waals surface area contributed by atoms with Crippen molar-refractivity contribution < 1.29 is 13.2 Å². The Balaban J connectivity index is 1.69. The van der Waals surface area contributed by atoms with Gasteiger partial charge in [-0.3, -0.25) is 4.79 Å². The van der Waals surface area contributed by atoms with Crippen LogP contribution in [0.1, 0.15) is 19.3 Å². The quantitative estimate of drug-likeness (QED) is 0.851. The van der Waals surface area contributed by atoms with Crippen molar-refractivity contribution in [3.63, 3.8) is 0 Å². The molecule has 1 unspecified atom stereocenters. The van der Waals surface area contributed by atoms with Crippen molar-refractivity contribution in [3.05, 3.63) is 30.3 Å². The van der Waals surface area contributed by atoms with Gasteiger partial charge in [0.15, 0.2) is 0 Å². The Morgan fingerprint density at radius 3 is 2.53 bits per heavy atom. The fourth-order valence-electron chi connectivity index (χ4n) is 2.52. The molecule has 1 aromatic rings. The number of sulfonamides is 1. The summed E-state index contributed by atoms with van der Waals surface area (Å²) in [5, 5.41) is 3.11. The monoisotopic (exact) mass is 280 g/mol. The second kappa shape index (κ2) is 4.31. The van der Waals surface area contributed by atoms with Crippen molar-refractivity contribution >= 4 is 15.9 Å². The maximum Gasteiger partial charge on any atom is 0.264 e. The van der Waals surface area contributed by atoms with Gasteiger partial charge in [0.2, 0.25) is 0 Å². The Hall–Kier alpha value is -1.40. The van der Waals surface area contributed by atoms with E-state index in [4.69, 9.17) is 0 Å². The summed E-state index contributed by atoms with van der Waals surface area (Å²) in [7, 11) is -3.75. The van der Waals surface area contributed by atoms with Gasteiger partial charge in [-0.05, 0) is 36.8 Å². The number of carbonyl (C=O) groups is 1. The van der Waals surface area contributed by atoms with Crippen molar-refractivity contribution in [3.8, 4) is 0 Å². The van der Waals surface area contributed by atoms with Crippen molar-refractivity contribution in [1.29, 1.82) is 0 Å². The molecule has 1 aromatic carbocycles. The third-order valence-electron chi connectivity index (χ3n) is 3.92. The normalized spacial score (nSPS) is 24.3. The summed E-state index contributed by atoms with van der Waals surface area (Å²) in [6.07, 6.45) is 3.01. The minimum Gasteiger partial charge on any atom is -0.305 e. The summed E-state index contributed by atoms with van der Waals surface area (Å²) in [6, 6.07) is 7.55. The molecule has 1 aliphatic carbocycles. The van der Waals surface area contributed by atoms with Gasteiger partial charge >= 0.3 is 0 Å². The number of hydrogen-bond acceptors (Lipinski definition) is 4.